The van der Waals surface area contributed by atoms with Crippen LogP contribution in [0.25, 0.3) is 0 Å². The number of halogens is 1. The van der Waals surface area contributed by atoms with Crippen molar-refractivity contribution < 1.29 is 9.59 Å². The molecule has 0 radical (unpaired) electrons. The number of carbonyl (C=O) groups excluding carboxylic acids is 2. The van der Waals surface area contributed by atoms with Crippen LogP contribution in [0.2, 0.25) is 0 Å². The first-order valence-electron chi connectivity index (χ1n) is 7.49. The fraction of sp³-hybridized carbons (Fsp3) is 0.333. The lowest BCUT2D eigenvalue weighted by Gasteiger charge is -2.19. The highest BCUT2D eigenvalue weighted by Gasteiger charge is 2.61. The van der Waals surface area contributed by atoms with E-state index in [1.165, 1.54) is 16.0 Å². The highest BCUT2D eigenvalue weighted by Crippen LogP contribution is 2.57. The van der Waals surface area contributed by atoms with E-state index in [0.717, 1.165) is 3.57 Å². The highest BCUT2D eigenvalue weighted by molar-refractivity contribution is 14.1. The second-order valence-corrected chi connectivity index (χ2v) is 7.68. The van der Waals surface area contributed by atoms with E-state index in [2.05, 4.69) is 48.6 Å². The van der Waals surface area contributed by atoms with Crippen molar-refractivity contribution in [3.8, 4) is 0 Å². The van der Waals surface area contributed by atoms with Gasteiger partial charge in [0.25, 0.3) is 0 Å². The summed E-state index contributed by atoms with van der Waals surface area (Å²) in [5, 5.41) is 0. The molecule has 3 nitrogen and oxygen atoms in total. The minimum absolute atomic E-state index is 0.0354. The number of carbonyl (C=O) groups is 2. The molecular formula is C18H16INO2. The predicted octanol–water partition coefficient (Wildman–Crippen LogP) is 3.55. The van der Waals surface area contributed by atoms with E-state index in [-0.39, 0.29) is 35.5 Å². The summed E-state index contributed by atoms with van der Waals surface area (Å²) in [5.74, 6) is -0.243. The van der Waals surface area contributed by atoms with Crippen LogP contribution in [-0.4, -0.2) is 11.8 Å². The lowest BCUT2D eigenvalue weighted by molar-refractivity contribution is -0.122. The van der Waals surface area contributed by atoms with Gasteiger partial charge in [-0.1, -0.05) is 23.3 Å². The van der Waals surface area contributed by atoms with Gasteiger partial charge in [-0.3, -0.25) is 9.59 Å². The Balaban J connectivity index is 1.76. The highest BCUT2D eigenvalue weighted by atomic mass is 127. The number of nitrogens with zero attached hydrogens (tertiary/aromatic N) is 1. The third kappa shape index (κ3) is 1.73. The maximum Gasteiger partial charge on any atom is 0.238 e. The van der Waals surface area contributed by atoms with Gasteiger partial charge in [0.2, 0.25) is 11.8 Å². The summed E-state index contributed by atoms with van der Waals surface area (Å²) < 4.78 is 1.09. The molecule has 4 heteroatoms. The Morgan fingerprint density at radius 3 is 1.91 bits per heavy atom. The molecule has 1 aliphatic heterocycles. The van der Waals surface area contributed by atoms with Gasteiger partial charge in [-0.25, -0.2) is 4.90 Å². The molecule has 0 unspecified atom stereocenters. The van der Waals surface area contributed by atoms with Gasteiger partial charge in [-0.2, -0.15) is 0 Å². The molecule has 0 N–H and O–H groups in total. The van der Waals surface area contributed by atoms with Crippen molar-refractivity contribution in [2.24, 2.45) is 23.7 Å². The Morgan fingerprint density at radius 1 is 0.955 bits per heavy atom. The molecule has 0 spiro atoms. The summed E-state index contributed by atoms with van der Waals surface area (Å²) in [6.07, 6.45) is 4.24. The summed E-state index contributed by atoms with van der Waals surface area (Å²) in [6, 6.07) is 7.57. The summed E-state index contributed by atoms with van der Waals surface area (Å²) in [6.45, 7) is 4.16. The monoisotopic (exact) mass is 405 g/mol. The van der Waals surface area contributed by atoms with Crippen LogP contribution in [0.3, 0.4) is 0 Å². The first-order chi connectivity index (χ1) is 10.5. The van der Waals surface area contributed by atoms with Crippen LogP contribution >= 0.6 is 22.6 Å². The van der Waals surface area contributed by atoms with E-state index in [9.17, 15) is 9.59 Å². The van der Waals surface area contributed by atoms with Crippen molar-refractivity contribution in [3.05, 3.63) is 51.1 Å². The first kappa shape index (κ1) is 14.2. The maximum atomic E-state index is 12.9. The van der Waals surface area contributed by atoms with Crippen molar-refractivity contribution in [2.75, 3.05) is 4.90 Å². The number of fused-ring (bicyclic) bond motifs is 5. The molecule has 2 aliphatic carbocycles. The number of allylic oxidation sites excluding steroid dienone is 4. The molecule has 0 aromatic heterocycles. The number of rotatable bonds is 1. The van der Waals surface area contributed by atoms with Gasteiger partial charge in [0.15, 0.2) is 0 Å². The van der Waals surface area contributed by atoms with E-state index >= 15 is 0 Å². The third-order valence-corrected chi connectivity index (χ3v) is 5.80. The minimum atomic E-state index is -0.202. The zero-order chi connectivity index (χ0) is 15.6. The number of hydrogen-bond donors (Lipinski definition) is 0. The fourth-order valence-corrected chi connectivity index (χ4v) is 4.63. The number of anilines is 1. The third-order valence-electron chi connectivity index (χ3n) is 5.08. The zero-order valence-electron chi connectivity index (χ0n) is 12.4. The molecule has 2 fully saturated rings. The topological polar surface area (TPSA) is 37.4 Å². The van der Waals surface area contributed by atoms with Crippen molar-refractivity contribution in [2.45, 2.75) is 13.8 Å². The SMILES string of the molecule is CC(C)=C1[C@H]2C=C[C@H]1[C@@H]1C(=O)N(c3ccc(I)cc3)C(=O)[C@H]12. The Labute approximate surface area is 143 Å². The molecule has 2 amide bonds. The molecule has 22 heavy (non-hydrogen) atoms. The van der Waals surface area contributed by atoms with Gasteiger partial charge >= 0.3 is 0 Å². The van der Waals surface area contributed by atoms with Crippen LogP contribution in [0.4, 0.5) is 5.69 Å². The quantitative estimate of drug-likeness (QED) is 0.407. The van der Waals surface area contributed by atoms with Gasteiger partial charge in [0.1, 0.15) is 0 Å². The molecule has 4 atom stereocenters. The predicted molar refractivity (Wildman–Crippen MR) is 93.1 cm³/mol. The van der Waals surface area contributed by atoms with E-state index in [0.29, 0.717) is 5.69 Å². The van der Waals surface area contributed by atoms with Crippen LogP contribution in [0, 0.1) is 27.2 Å². The van der Waals surface area contributed by atoms with Crippen LogP contribution in [0.15, 0.2) is 47.6 Å². The standard InChI is InChI=1S/C18H16INO2/c1-9(2)14-12-7-8-13(14)16-15(12)17(21)20(18(16)22)11-5-3-10(19)4-6-11/h3-8,12-13,15-16H,1-2H3/t12-,13-,15+,16+/m1/s1. The summed E-state index contributed by atoms with van der Waals surface area (Å²) >= 11 is 2.22. The molecule has 112 valence electrons. The molecule has 3 aliphatic rings. The van der Waals surface area contributed by atoms with Crippen LogP contribution < -0.4 is 4.90 Å². The van der Waals surface area contributed by atoms with E-state index in [1.807, 2.05) is 24.3 Å². The first-order valence-corrected chi connectivity index (χ1v) is 8.57. The van der Waals surface area contributed by atoms with Crippen LogP contribution in [0.1, 0.15) is 13.8 Å². The summed E-state index contributed by atoms with van der Waals surface area (Å²) in [7, 11) is 0. The molecule has 1 saturated carbocycles. The summed E-state index contributed by atoms with van der Waals surface area (Å²) in [5.41, 5.74) is 3.23. The zero-order valence-corrected chi connectivity index (χ0v) is 14.6. The Morgan fingerprint density at radius 2 is 1.45 bits per heavy atom. The van der Waals surface area contributed by atoms with E-state index in [4.69, 9.17) is 0 Å². The van der Waals surface area contributed by atoms with E-state index < -0.39 is 0 Å². The van der Waals surface area contributed by atoms with Gasteiger partial charge in [-0.15, -0.1) is 0 Å². The minimum Gasteiger partial charge on any atom is -0.274 e. The largest absolute Gasteiger partial charge is 0.274 e. The summed E-state index contributed by atoms with van der Waals surface area (Å²) in [4.78, 5) is 27.2. The maximum absolute atomic E-state index is 12.9. The Hall–Kier alpha value is -1.43. The normalized spacial score (nSPS) is 32.1. The molecule has 1 aromatic carbocycles. The Bertz CT molecular complexity index is 709. The lowest BCUT2D eigenvalue weighted by Crippen LogP contribution is -2.33. The lowest BCUT2D eigenvalue weighted by atomic mass is 9.85. The second kappa shape index (κ2) is 4.78. The second-order valence-electron chi connectivity index (χ2n) is 6.43. The van der Waals surface area contributed by atoms with Gasteiger partial charge in [-0.05, 0) is 60.7 Å². The van der Waals surface area contributed by atoms with Crippen molar-refractivity contribution in [3.63, 3.8) is 0 Å². The number of imide groups is 1. The van der Waals surface area contributed by atoms with Crippen molar-refractivity contribution in [1.82, 2.24) is 0 Å². The fourth-order valence-electron chi connectivity index (χ4n) is 4.27. The molecule has 1 heterocycles. The van der Waals surface area contributed by atoms with Crippen molar-refractivity contribution >= 4 is 40.1 Å². The molecule has 4 rings (SSSR count). The van der Waals surface area contributed by atoms with Crippen molar-refractivity contribution in [1.29, 1.82) is 0 Å². The average molecular weight is 405 g/mol. The van der Waals surface area contributed by atoms with E-state index in [1.54, 1.807) is 0 Å². The smallest absolute Gasteiger partial charge is 0.238 e. The van der Waals surface area contributed by atoms with Gasteiger partial charge in [0, 0.05) is 15.4 Å². The average Bonchev–Trinajstić information content (AvgIpc) is 3.11. The van der Waals surface area contributed by atoms with Gasteiger partial charge < -0.3 is 0 Å². The number of hydrogen-bond acceptors (Lipinski definition) is 2. The molecule has 2 bridgehead atoms. The number of amides is 2. The molecule has 1 saturated heterocycles. The Kier molecular flexibility index (Phi) is 3.08. The molecule has 1 aromatic rings. The van der Waals surface area contributed by atoms with Crippen LogP contribution in [0.5, 0.6) is 0 Å². The number of benzene rings is 1. The van der Waals surface area contributed by atoms with Crippen LogP contribution in [-0.2, 0) is 9.59 Å². The molecular weight excluding hydrogens is 389 g/mol. The van der Waals surface area contributed by atoms with Gasteiger partial charge in [0.05, 0.1) is 17.5 Å².